The maximum Gasteiger partial charge on any atom is 0.409 e. The molecule has 2 heterocycles. The van der Waals surface area contributed by atoms with Crippen LogP contribution < -0.4 is 10.6 Å². The van der Waals surface area contributed by atoms with Gasteiger partial charge in [-0.15, -0.1) is 24.0 Å². The first-order chi connectivity index (χ1) is 15.5. The SMILES string of the molecule is CCOC(=O)N1CCC(NC(=NCC(C)(O)c2ccccc2)NCCc2ccco2)CC1.I. The number of hydrogen-bond donors (Lipinski definition) is 3. The molecular weight excluding hydrogens is 535 g/mol. The second-order valence-electron chi connectivity index (χ2n) is 8.17. The van der Waals surface area contributed by atoms with Crippen LogP contribution in [0.15, 0.2) is 58.1 Å². The fraction of sp³-hybridized carbons (Fsp3) is 0.500. The molecule has 0 saturated carbocycles. The van der Waals surface area contributed by atoms with Gasteiger partial charge in [0.2, 0.25) is 0 Å². The Bertz CT molecular complexity index is 851. The molecule has 1 aliphatic heterocycles. The van der Waals surface area contributed by atoms with Crippen molar-refractivity contribution in [1.29, 1.82) is 0 Å². The maximum atomic E-state index is 11.9. The molecule has 2 aromatic rings. The molecule has 8 nitrogen and oxygen atoms in total. The van der Waals surface area contributed by atoms with Crippen LogP contribution >= 0.6 is 24.0 Å². The quantitative estimate of drug-likeness (QED) is 0.255. The van der Waals surface area contributed by atoms with Gasteiger partial charge >= 0.3 is 6.09 Å². The van der Waals surface area contributed by atoms with Gasteiger partial charge in [0, 0.05) is 32.1 Å². The van der Waals surface area contributed by atoms with Gasteiger partial charge in [-0.2, -0.15) is 0 Å². The Morgan fingerprint density at radius 1 is 1.24 bits per heavy atom. The van der Waals surface area contributed by atoms with E-state index in [0.29, 0.717) is 32.2 Å². The van der Waals surface area contributed by atoms with E-state index in [9.17, 15) is 9.90 Å². The lowest BCUT2D eigenvalue weighted by Crippen LogP contribution is -2.50. The van der Waals surface area contributed by atoms with E-state index in [2.05, 4.69) is 15.6 Å². The van der Waals surface area contributed by atoms with Gasteiger partial charge in [0.25, 0.3) is 0 Å². The second kappa shape index (κ2) is 13.4. The number of carbonyl (C=O) groups is 1. The number of furan rings is 1. The van der Waals surface area contributed by atoms with Crippen LogP contribution in [0.5, 0.6) is 0 Å². The number of aliphatic hydroxyl groups is 1. The van der Waals surface area contributed by atoms with Gasteiger partial charge in [-0.25, -0.2) is 9.79 Å². The third-order valence-corrected chi connectivity index (χ3v) is 5.55. The highest BCUT2D eigenvalue weighted by atomic mass is 127. The van der Waals surface area contributed by atoms with Crippen molar-refractivity contribution >= 4 is 36.0 Å². The molecule has 3 N–H and O–H groups in total. The van der Waals surface area contributed by atoms with Crippen molar-refractivity contribution in [2.45, 2.75) is 44.8 Å². The van der Waals surface area contributed by atoms with Crippen LogP contribution in [-0.2, 0) is 16.8 Å². The Balaban J connectivity index is 0.00000385. The number of nitrogens with zero attached hydrogens (tertiary/aromatic N) is 2. The summed E-state index contributed by atoms with van der Waals surface area (Å²) >= 11 is 0. The van der Waals surface area contributed by atoms with Crippen molar-refractivity contribution in [2.24, 2.45) is 4.99 Å². The first-order valence-electron chi connectivity index (χ1n) is 11.2. The van der Waals surface area contributed by atoms with Gasteiger partial charge in [-0.05, 0) is 44.4 Å². The number of guanidine groups is 1. The third kappa shape index (κ3) is 8.54. The highest BCUT2D eigenvalue weighted by molar-refractivity contribution is 14.0. The summed E-state index contributed by atoms with van der Waals surface area (Å²) in [6.07, 6.45) is 3.73. The number of likely N-dealkylation sites (tertiary alicyclic amines) is 1. The highest BCUT2D eigenvalue weighted by Crippen LogP contribution is 2.20. The van der Waals surface area contributed by atoms with Gasteiger partial charge < -0.3 is 29.8 Å². The summed E-state index contributed by atoms with van der Waals surface area (Å²) < 4.78 is 10.5. The molecule has 1 amide bonds. The number of halogens is 1. The van der Waals surface area contributed by atoms with Crippen molar-refractivity contribution < 1.29 is 19.1 Å². The van der Waals surface area contributed by atoms with Crippen molar-refractivity contribution in [3.05, 3.63) is 60.1 Å². The van der Waals surface area contributed by atoms with Crippen molar-refractivity contribution in [3.8, 4) is 0 Å². The number of piperidine rings is 1. The molecule has 1 aliphatic rings. The smallest absolute Gasteiger partial charge is 0.409 e. The molecule has 182 valence electrons. The van der Waals surface area contributed by atoms with Crippen molar-refractivity contribution in [3.63, 3.8) is 0 Å². The number of hydrogen-bond acceptors (Lipinski definition) is 5. The van der Waals surface area contributed by atoms with E-state index in [1.165, 1.54) is 0 Å². The number of nitrogens with one attached hydrogen (secondary N) is 2. The predicted molar refractivity (Wildman–Crippen MR) is 139 cm³/mol. The molecule has 1 fully saturated rings. The fourth-order valence-corrected chi connectivity index (χ4v) is 3.65. The lowest BCUT2D eigenvalue weighted by Gasteiger charge is -2.32. The Kier molecular flexibility index (Phi) is 11.0. The van der Waals surface area contributed by atoms with Crippen LogP contribution in [0, 0.1) is 0 Å². The Labute approximate surface area is 212 Å². The van der Waals surface area contributed by atoms with Crippen molar-refractivity contribution in [1.82, 2.24) is 15.5 Å². The maximum absolute atomic E-state index is 11.9. The molecule has 1 atom stereocenters. The number of rotatable bonds is 8. The fourth-order valence-electron chi connectivity index (χ4n) is 3.65. The van der Waals surface area contributed by atoms with E-state index in [1.54, 1.807) is 18.1 Å². The highest BCUT2D eigenvalue weighted by Gasteiger charge is 2.25. The normalized spacial score (nSPS) is 16.5. The molecule has 1 unspecified atom stereocenters. The molecule has 1 saturated heterocycles. The first-order valence-corrected chi connectivity index (χ1v) is 11.2. The summed E-state index contributed by atoms with van der Waals surface area (Å²) in [5.41, 5.74) is -0.258. The van der Waals surface area contributed by atoms with Crippen LogP contribution in [-0.4, -0.2) is 60.9 Å². The van der Waals surface area contributed by atoms with Gasteiger partial charge in [-0.1, -0.05) is 30.3 Å². The standard InChI is InChI=1S/C24H34N4O4.HI/c1-3-31-23(29)28-15-12-20(13-16-28)27-22(25-14-11-21-10-7-17-32-21)26-18-24(2,30)19-8-5-4-6-9-19;/h4-10,17,20,30H,3,11-16,18H2,1-2H3,(H2,25,26,27);1H. The number of aliphatic imine (C=N–C) groups is 1. The number of carbonyl (C=O) groups excluding carboxylic acids is 1. The summed E-state index contributed by atoms with van der Waals surface area (Å²) in [7, 11) is 0. The van der Waals surface area contributed by atoms with Crippen LogP contribution in [0.3, 0.4) is 0 Å². The first kappa shape index (κ1) is 27.0. The summed E-state index contributed by atoms with van der Waals surface area (Å²) in [5.74, 6) is 1.54. The molecule has 9 heteroatoms. The minimum absolute atomic E-state index is 0. The zero-order valence-electron chi connectivity index (χ0n) is 19.3. The minimum Gasteiger partial charge on any atom is -0.469 e. The molecule has 1 aromatic carbocycles. The molecule has 0 bridgehead atoms. The van der Waals surface area contributed by atoms with Gasteiger partial charge in [0.1, 0.15) is 11.4 Å². The van der Waals surface area contributed by atoms with Gasteiger partial charge in [0.05, 0.1) is 19.4 Å². The van der Waals surface area contributed by atoms with Gasteiger partial charge in [-0.3, -0.25) is 0 Å². The van der Waals surface area contributed by atoms with Crippen molar-refractivity contribution in [2.75, 3.05) is 32.8 Å². The summed E-state index contributed by atoms with van der Waals surface area (Å²) in [5, 5.41) is 17.7. The van der Waals surface area contributed by atoms with E-state index >= 15 is 0 Å². The number of amides is 1. The van der Waals surface area contributed by atoms with Crippen LogP contribution in [0.2, 0.25) is 0 Å². The summed E-state index contributed by atoms with van der Waals surface area (Å²) in [4.78, 5) is 18.4. The number of benzene rings is 1. The molecule has 3 rings (SSSR count). The second-order valence-corrected chi connectivity index (χ2v) is 8.17. The molecule has 1 aromatic heterocycles. The van der Waals surface area contributed by atoms with E-state index in [0.717, 1.165) is 30.6 Å². The molecule has 0 aliphatic carbocycles. The lowest BCUT2D eigenvalue weighted by molar-refractivity contribution is 0.0671. The van der Waals surface area contributed by atoms with Crippen LogP contribution in [0.25, 0.3) is 0 Å². The Morgan fingerprint density at radius 2 is 1.97 bits per heavy atom. The lowest BCUT2D eigenvalue weighted by atomic mass is 9.96. The minimum atomic E-state index is -1.08. The zero-order chi connectivity index (χ0) is 22.8. The van der Waals surface area contributed by atoms with Crippen LogP contribution in [0.4, 0.5) is 4.79 Å². The topological polar surface area (TPSA) is 99.3 Å². The van der Waals surface area contributed by atoms with E-state index in [-0.39, 0.29) is 42.7 Å². The molecular formula is C24H35IN4O4. The third-order valence-electron chi connectivity index (χ3n) is 5.55. The molecule has 33 heavy (non-hydrogen) atoms. The van der Waals surface area contributed by atoms with Gasteiger partial charge in [0.15, 0.2) is 5.96 Å². The Hall–Kier alpha value is -2.27. The Morgan fingerprint density at radius 3 is 2.61 bits per heavy atom. The van der Waals surface area contributed by atoms with E-state index in [4.69, 9.17) is 9.15 Å². The zero-order valence-corrected chi connectivity index (χ0v) is 21.7. The average Bonchev–Trinajstić information content (AvgIpc) is 3.32. The molecule has 0 radical (unpaired) electrons. The number of ether oxygens (including phenoxy) is 1. The van der Waals surface area contributed by atoms with E-state index < -0.39 is 5.60 Å². The van der Waals surface area contributed by atoms with E-state index in [1.807, 2.05) is 49.4 Å². The largest absolute Gasteiger partial charge is 0.469 e. The summed E-state index contributed by atoms with van der Waals surface area (Å²) in [6, 6.07) is 13.5. The van der Waals surface area contributed by atoms with Crippen LogP contribution in [0.1, 0.15) is 38.0 Å². The predicted octanol–water partition coefficient (Wildman–Crippen LogP) is 3.50. The summed E-state index contributed by atoms with van der Waals surface area (Å²) in [6.45, 7) is 6.10. The monoisotopic (exact) mass is 570 g/mol. The average molecular weight is 570 g/mol. The molecule has 0 spiro atoms.